The third-order valence-electron chi connectivity index (χ3n) is 12.8. The average molecular weight is 886 g/mol. The SMILES string of the molecule is CC/C=C/C=C/C=C/CCCCCCCC(CC(=O)NC(CO)C(O)CCCCCCCCCCCCCCCCCC)OC(=O)CCCCCCCCCCCCCCCCC. The van der Waals surface area contributed by atoms with Crippen LogP contribution in [0.15, 0.2) is 36.5 Å². The lowest BCUT2D eigenvalue weighted by Crippen LogP contribution is -2.46. The number of nitrogens with one attached hydrogen (secondary N) is 1. The van der Waals surface area contributed by atoms with Crippen molar-refractivity contribution >= 4 is 11.9 Å². The maximum atomic E-state index is 13.2. The Morgan fingerprint density at radius 3 is 1.29 bits per heavy atom. The van der Waals surface area contributed by atoms with Crippen molar-refractivity contribution in [3.63, 3.8) is 0 Å². The molecule has 0 saturated heterocycles. The molecule has 0 fully saturated rings. The van der Waals surface area contributed by atoms with E-state index in [2.05, 4.69) is 62.5 Å². The van der Waals surface area contributed by atoms with Gasteiger partial charge in [-0.1, -0.05) is 269 Å². The maximum Gasteiger partial charge on any atom is 0.306 e. The van der Waals surface area contributed by atoms with Crippen LogP contribution in [0.2, 0.25) is 0 Å². The fourth-order valence-corrected chi connectivity index (χ4v) is 8.61. The van der Waals surface area contributed by atoms with Crippen molar-refractivity contribution in [3.05, 3.63) is 36.5 Å². The topological polar surface area (TPSA) is 95.9 Å². The molecular formula is C57H107NO5. The average Bonchev–Trinajstić information content (AvgIpc) is 3.28. The number of aliphatic hydroxyl groups is 2. The lowest BCUT2D eigenvalue weighted by atomic mass is 10.0. The highest BCUT2D eigenvalue weighted by Gasteiger charge is 2.24. The van der Waals surface area contributed by atoms with Crippen LogP contribution in [-0.2, 0) is 14.3 Å². The van der Waals surface area contributed by atoms with Crippen molar-refractivity contribution in [1.82, 2.24) is 5.32 Å². The van der Waals surface area contributed by atoms with E-state index < -0.39 is 18.2 Å². The third-order valence-corrected chi connectivity index (χ3v) is 12.8. The summed E-state index contributed by atoms with van der Waals surface area (Å²) in [6, 6.07) is -0.706. The molecule has 0 aromatic carbocycles. The number of hydrogen-bond donors (Lipinski definition) is 3. The number of esters is 1. The monoisotopic (exact) mass is 886 g/mol. The summed E-state index contributed by atoms with van der Waals surface area (Å²) in [5, 5.41) is 23.8. The van der Waals surface area contributed by atoms with Crippen molar-refractivity contribution in [2.75, 3.05) is 6.61 Å². The van der Waals surface area contributed by atoms with Crippen molar-refractivity contribution in [1.29, 1.82) is 0 Å². The van der Waals surface area contributed by atoms with Crippen molar-refractivity contribution in [2.24, 2.45) is 0 Å². The highest BCUT2D eigenvalue weighted by molar-refractivity contribution is 5.77. The first-order chi connectivity index (χ1) is 31.0. The molecule has 0 aliphatic rings. The molecule has 0 aliphatic heterocycles. The van der Waals surface area contributed by atoms with Gasteiger partial charge in [0.1, 0.15) is 6.10 Å². The number of rotatable bonds is 50. The molecule has 0 aromatic heterocycles. The van der Waals surface area contributed by atoms with E-state index in [1.165, 1.54) is 167 Å². The van der Waals surface area contributed by atoms with Gasteiger partial charge in [-0.25, -0.2) is 0 Å². The third kappa shape index (κ3) is 46.4. The summed E-state index contributed by atoms with van der Waals surface area (Å²) in [5.41, 5.74) is 0. The Balaban J connectivity index is 4.51. The molecule has 0 bridgehead atoms. The molecule has 0 radical (unpaired) electrons. The van der Waals surface area contributed by atoms with Gasteiger partial charge < -0.3 is 20.3 Å². The summed E-state index contributed by atoms with van der Waals surface area (Å²) in [5.74, 6) is -0.480. The van der Waals surface area contributed by atoms with E-state index in [1.807, 2.05) is 0 Å². The number of unbranched alkanes of at least 4 members (excludes halogenated alkanes) is 34. The Morgan fingerprint density at radius 1 is 0.476 bits per heavy atom. The van der Waals surface area contributed by atoms with Crippen LogP contribution in [0.25, 0.3) is 0 Å². The molecule has 0 saturated carbocycles. The van der Waals surface area contributed by atoms with Gasteiger partial charge in [0.25, 0.3) is 0 Å². The molecule has 370 valence electrons. The van der Waals surface area contributed by atoms with Gasteiger partial charge in [-0.2, -0.15) is 0 Å². The van der Waals surface area contributed by atoms with Gasteiger partial charge in [0, 0.05) is 6.42 Å². The molecule has 0 aromatic rings. The maximum absolute atomic E-state index is 13.2. The van der Waals surface area contributed by atoms with E-state index >= 15 is 0 Å². The lowest BCUT2D eigenvalue weighted by molar-refractivity contribution is -0.151. The largest absolute Gasteiger partial charge is 0.462 e. The smallest absolute Gasteiger partial charge is 0.306 e. The Hall–Kier alpha value is -1.92. The summed E-state index contributed by atoms with van der Waals surface area (Å²) in [6.07, 6.45) is 60.6. The molecule has 0 heterocycles. The van der Waals surface area contributed by atoms with Gasteiger partial charge in [-0.05, 0) is 44.9 Å². The van der Waals surface area contributed by atoms with Gasteiger partial charge in [0.2, 0.25) is 5.91 Å². The van der Waals surface area contributed by atoms with E-state index in [-0.39, 0.29) is 24.9 Å². The standard InChI is InChI=1S/C57H107NO5/c1-4-7-10-13-16-19-22-25-27-29-31-34-37-40-43-46-49-55(60)54(52-59)58-56(61)51-53(48-45-42-39-36-33-30-24-21-18-15-12-9-6-3)63-57(62)50-47-44-41-38-35-32-28-26-23-20-17-14-11-8-5-2/h9,12,15,18,21,24,53-55,59-60H,4-8,10-11,13-14,16-17,19-20,22-23,25-52H2,1-3H3,(H,58,61)/b12-9+,18-15+,24-21+. The lowest BCUT2D eigenvalue weighted by Gasteiger charge is -2.24. The molecule has 0 aliphatic carbocycles. The second kappa shape index (κ2) is 51.1. The summed E-state index contributed by atoms with van der Waals surface area (Å²) >= 11 is 0. The number of carbonyl (C=O) groups is 2. The molecular weight excluding hydrogens is 779 g/mol. The number of hydrogen-bond acceptors (Lipinski definition) is 5. The van der Waals surface area contributed by atoms with Gasteiger partial charge >= 0.3 is 5.97 Å². The minimum atomic E-state index is -0.791. The van der Waals surface area contributed by atoms with Gasteiger partial charge in [-0.15, -0.1) is 0 Å². The molecule has 0 spiro atoms. The fourth-order valence-electron chi connectivity index (χ4n) is 8.61. The number of ether oxygens (including phenoxy) is 1. The zero-order valence-electron chi connectivity index (χ0n) is 42.2. The molecule has 3 unspecified atom stereocenters. The van der Waals surface area contributed by atoms with Gasteiger partial charge in [0.05, 0.1) is 25.2 Å². The van der Waals surface area contributed by atoms with Crippen molar-refractivity contribution in [3.8, 4) is 0 Å². The first-order valence-corrected chi connectivity index (χ1v) is 27.7. The highest BCUT2D eigenvalue weighted by Crippen LogP contribution is 2.19. The molecule has 3 atom stereocenters. The molecule has 6 nitrogen and oxygen atoms in total. The van der Waals surface area contributed by atoms with Crippen LogP contribution in [0.3, 0.4) is 0 Å². The Labute approximate surface area is 392 Å². The van der Waals surface area contributed by atoms with Crippen LogP contribution in [0.5, 0.6) is 0 Å². The zero-order valence-corrected chi connectivity index (χ0v) is 42.2. The normalized spacial score (nSPS) is 13.4. The van der Waals surface area contributed by atoms with Crippen LogP contribution < -0.4 is 5.32 Å². The minimum absolute atomic E-state index is 0.0681. The predicted molar refractivity (Wildman–Crippen MR) is 273 cm³/mol. The Morgan fingerprint density at radius 2 is 0.857 bits per heavy atom. The van der Waals surface area contributed by atoms with Crippen molar-refractivity contribution < 1.29 is 24.5 Å². The van der Waals surface area contributed by atoms with Crippen LogP contribution in [0.1, 0.15) is 290 Å². The van der Waals surface area contributed by atoms with E-state index in [1.54, 1.807) is 0 Å². The molecule has 63 heavy (non-hydrogen) atoms. The summed E-state index contributed by atoms with van der Waals surface area (Å²) < 4.78 is 5.94. The Bertz CT molecular complexity index is 1040. The van der Waals surface area contributed by atoms with Crippen LogP contribution in [0, 0.1) is 0 Å². The summed E-state index contributed by atoms with van der Waals surface area (Å²) in [4.78, 5) is 26.2. The quantitative estimate of drug-likeness (QED) is 0.0321. The van der Waals surface area contributed by atoms with Gasteiger partial charge in [0.15, 0.2) is 0 Å². The molecule has 3 N–H and O–H groups in total. The number of allylic oxidation sites excluding steroid dienone is 6. The molecule has 0 rings (SSSR count). The van der Waals surface area contributed by atoms with E-state index in [0.717, 1.165) is 77.0 Å². The molecule has 6 heteroatoms. The number of aliphatic hydroxyl groups excluding tert-OH is 2. The van der Waals surface area contributed by atoms with Gasteiger partial charge in [-0.3, -0.25) is 9.59 Å². The summed E-state index contributed by atoms with van der Waals surface area (Å²) in [7, 11) is 0. The first-order valence-electron chi connectivity index (χ1n) is 27.7. The fraction of sp³-hybridized carbons (Fsp3) is 0.860. The second-order valence-corrected chi connectivity index (χ2v) is 19.0. The van der Waals surface area contributed by atoms with Crippen LogP contribution in [-0.4, -0.2) is 46.9 Å². The number of carbonyl (C=O) groups excluding carboxylic acids is 2. The summed E-state index contributed by atoms with van der Waals surface area (Å²) in [6.45, 7) is 6.38. The Kier molecular flexibility index (Phi) is 49.5. The minimum Gasteiger partial charge on any atom is -0.462 e. The van der Waals surface area contributed by atoms with E-state index in [9.17, 15) is 19.8 Å². The predicted octanol–water partition coefficient (Wildman–Crippen LogP) is 16.8. The number of amides is 1. The van der Waals surface area contributed by atoms with Crippen LogP contribution >= 0.6 is 0 Å². The molecule has 1 amide bonds. The highest BCUT2D eigenvalue weighted by atomic mass is 16.5. The second-order valence-electron chi connectivity index (χ2n) is 19.0. The first kappa shape index (κ1) is 61.1. The van der Waals surface area contributed by atoms with Crippen LogP contribution in [0.4, 0.5) is 0 Å². The zero-order chi connectivity index (χ0) is 45.9. The van der Waals surface area contributed by atoms with E-state index in [0.29, 0.717) is 19.3 Å². The van der Waals surface area contributed by atoms with E-state index in [4.69, 9.17) is 4.74 Å². The van der Waals surface area contributed by atoms with Crippen molar-refractivity contribution in [2.45, 2.75) is 309 Å².